The van der Waals surface area contributed by atoms with Crippen LogP contribution in [0.5, 0.6) is 0 Å². The number of rotatable bonds is 12. The van der Waals surface area contributed by atoms with Gasteiger partial charge in [0.1, 0.15) is 6.34 Å². The summed E-state index contributed by atoms with van der Waals surface area (Å²) in [6, 6.07) is 11.2. The van der Waals surface area contributed by atoms with E-state index in [1.807, 2.05) is 6.34 Å². The summed E-state index contributed by atoms with van der Waals surface area (Å²) in [4.78, 5) is 11.9. The minimum atomic E-state index is 0.500. The van der Waals surface area contributed by atoms with Crippen LogP contribution in [0.1, 0.15) is 63.9 Å². The van der Waals surface area contributed by atoms with E-state index >= 15 is 0 Å². The van der Waals surface area contributed by atoms with Crippen LogP contribution in [0.3, 0.4) is 0 Å². The molecule has 1 aromatic rings. The molecule has 1 fully saturated rings. The summed E-state index contributed by atoms with van der Waals surface area (Å²) in [5, 5.41) is 3.59. The average molecular weight is 383 g/mol. The second kappa shape index (κ2) is 12.1. The Hall–Kier alpha value is -1.52. The molecule has 1 aromatic carbocycles. The van der Waals surface area contributed by atoms with E-state index in [9.17, 15) is 0 Å². The highest BCUT2D eigenvalue weighted by molar-refractivity contribution is 5.94. The molecule has 2 aliphatic rings. The lowest BCUT2D eigenvalue weighted by atomic mass is 9.80. The molecule has 1 aliphatic carbocycles. The number of hydrogen-bond acceptors (Lipinski definition) is 4. The van der Waals surface area contributed by atoms with Crippen molar-refractivity contribution in [2.24, 2.45) is 15.9 Å². The van der Waals surface area contributed by atoms with Gasteiger partial charge in [0.05, 0.1) is 6.04 Å². The molecule has 0 bridgehead atoms. The molecular weight excluding hydrogens is 344 g/mol. The molecule has 1 heterocycles. The molecule has 1 aliphatic heterocycles. The number of fused-ring (bicyclic) bond motifs is 1. The van der Waals surface area contributed by atoms with E-state index in [0.717, 1.165) is 19.6 Å². The maximum atomic E-state index is 4.72. The Morgan fingerprint density at radius 3 is 2.82 bits per heavy atom. The van der Waals surface area contributed by atoms with E-state index in [-0.39, 0.29) is 0 Å². The Morgan fingerprint density at radius 1 is 1.07 bits per heavy atom. The van der Waals surface area contributed by atoms with Gasteiger partial charge in [-0.25, -0.2) is 4.99 Å². The molecule has 0 amide bonds. The van der Waals surface area contributed by atoms with Crippen LogP contribution in [0.4, 0.5) is 0 Å². The van der Waals surface area contributed by atoms with Gasteiger partial charge in [0.15, 0.2) is 0 Å². The van der Waals surface area contributed by atoms with Crippen LogP contribution >= 0.6 is 0 Å². The fourth-order valence-electron chi connectivity index (χ4n) is 4.58. The van der Waals surface area contributed by atoms with E-state index in [1.54, 1.807) is 0 Å². The second-order valence-corrected chi connectivity index (χ2v) is 8.30. The monoisotopic (exact) mass is 382 g/mol. The Morgan fingerprint density at radius 2 is 1.96 bits per heavy atom. The lowest BCUT2D eigenvalue weighted by Gasteiger charge is -2.31. The Labute approximate surface area is 171 Å². The number of benzene rings is 1. The molecule has 4 nitrogen and oxygen atoms in total. The van der Waals surface area contributed by atoms with Crippen LogP contribution < -0.4 is 5.32 Å². The lowest BCUT2D eigenvalue weighted by Crippen LogP contribution is -2.34. The van der Waals surface area contributed by atoms with E-state index in [1.165, 1.54) is 75.7 Å². The fourth-order valence-corrected chi connectivity index (χ4v) is 4.58. The summed E-state index contributed by atoms with van der Waals surface area (Å²) < 4.78 is 0. The van der Waals surface area contributed by atoms with Crippen LogP contribution in [0, 0.1) is 5.92 Å². The van der Waals surface area contributed by atoms with Crippen molar-refractivity contribution in [2.75, 3.05) is 26.2 Å². The fraction of sp³-hybridized carbons (Fsp3) is 0.667. The summed E-state index contributed by atoms with van der Waals surface area (Å²) in [6.45, 7) is 7.86. The SMILES string of the molecule is CCCN(CCCCC1N=CN=C2CCCCC21)CCNCc1ccccc1. The smallest absolute Gasteiger partial charge is 0.110 e. The van der Waals surface area contributed by atoms with Crippen LogP contribution in [-0.4, -0.2) is 49.2 Å². The molecule has 0 spiro atoms. The van der Waals surface area contributed by atoms with E-state index in [2.05, 4.69) is 52.5 Å². The zero-order valence-corrected chi connectivity index (χ0v) is 17.7. The predicted molar refractivity (Wildman–Crippen MR) is 120 cm³/mol. The predicted octanol–water partition coefficient (Wildman–Crippen LogP) is 4.70. The van der Waals surface area contributed by atoms with Crippen molar-refractivity contribution in [3.05, 3.63) is 35.9 Å². The van der Waals surface area contributed by atoms with Gasteiger partial charge in [-0.15, -0.1) is 0 Å². The summed E-state index contributed by atoms with van der Waals surface area (Å²) in [7, 11) is 0. The largest absolute Gasteiger partial charge is 0.311 e. The third-order valence-corrected chi connectivity index (χ3v) is 6.11. The van der Waals surface area contributed by atoms with E-state index < -0.39 is 0 Å². The maximum absolute atomic E-state index is 4.72. The van der Waals surface area contributed by atoms with Gasteiger partial charge in [0.25, 0.3) is 0 Å². The van der Waals surface area contributed by atoms with Gasteiger partial charge in [0, 0.05) is 31.3 Å². The van der Waals surface area contributed by atoms with Crippen LogP contribution in [0.25, 0.3) is 0 Å². The number of nitrogens with one attached hydrogen (secondary N) is 1. The zero-order chi connectivity index (χ0) is 19.4. The number of hydrogen-bond donors (Lipinski definition) is 1. The lowest BCUT2D eigenvalue weighted by molar-refractivity contribution is 0.264. The van der Waals surface area contributed by atoms with Gasteiger partial charge in [-0.1, -0.05) is 50.1 Å². The van der Waals surface area contributed by atoms with Crippen LogP contribution in [0.15, 0.2) is 40.3 Å². The topological polar surface area (TPSA) is 40.0 Å². The molecule has 4 heteroatoms. The molecular formula is C24H38N4. The van der Waals surface area contributed by atoms with Crippen molar-refractivity contribution in [1.29, 1.82) is 0 Å². The van der Waals surface area contributed by atoms with Gasteiger partial charge in [-0.3, -0.25) is 4.99 Å². The zero-order valence-electron chi connectivity index (χ0n) is 17.7. The molecule has 0 aromatic heterocycles. The molecule has 28 heavy (non-hydrogen) atoms. The number of aliphatic imine (C=N–C) groups is 2. The van der Waals surface area contributed by atoms with Gasteiger partial charge in [-0.2, -0.15) is 0 Å². The first-order chi connectivity index (χ1) is 13.9. The Balaban J connectivity index is 1.31. The normalized spacial score (nSPS) is 21.6. The minimum absolute atomic E-state index is 0.500. The Bertz CT molecular complexity index is 610. The van der Waals surface area contributed by atoms with Crippen LogP contribution in [-0.2, 0) is 6.54 Å². The first kappa shape index (κ1) is 21.2. The van der Waals surface area contributed by atoms with Crippen molar-refractivity contribution in [2.45, 2.75) is 70.9 Å². The highest BCUT2D eigenvalue weighted by Gasteiger charge is 2.29. The van der Waals surface area contributed by atoms with Crippen molar-refractivity contribution in [3.8, 4) is 0 Å². The van der Waals surface area contributed by atoms with Crippen molar-refractivity contribution in [1.82, 2.24) is 10.2 Å². The highest BCUT2D eigenvalue weighted by Crippen LogP contribution is 2.30. The molecule has 1 saturated carbocycles. The number of unbranched alkanes of at least 4 members (excludes halogenated alkanes) is 1. The minimum Gasteiger partial charge on any atom is -0.311 e. The van der Waals surface area contributed by atoms with Crippen molar-refractivity contribution < 1.29 is 0 Å². The molecule has 1 N–H and O–H groups in total. The third kappa shape index (κ3) is 6.82. The van der Waals surface area contributed by atoms with Gasteiger partial charge in [-0.05, 0) is 57.2 Å². The van der Waals surface area contributed by atoms with Gasteiger partial charge < -0.3 is 10.2 Å². The van der Waals surface area contributed by atoms with Crippen molar-refractivity contribution in [3.63, 3.8) is 0 Å². The highest BCUT2D eigenvalue weighted by atomic mass is 15.1. The van der Waals surface area contributed by atoms with Gasteiger partial charge in [0.2, 0.25) is 0 Å². The van der Waals surface area contributed by atoms with Crippen LogP contribution in [0.2, 0.25) is 0 Å². The molecule has 2 unspecified atom stereocenters. The molecule has 0 saturated heterocycles. The van der Waals surface area contributed by atoms with Gasteiger partial charge >= 0.3 is 0 Å². The second-order valence-electron chi connectivity index (χ2n) is 8.30. The quantitative estimate of drug-likeness (QED) is 0.532. The third-order valence-electron chi connectivity index (χ3n) is 6.11. The molecule has 3 rings (SSSR count). The van der Waals surface area contributed by atoms with E-state index in [4.69, 9.17) is 4.99 Å². The number of nitrogens with zero attached hydrogens (tertiary/aromatic N) is 3. The summed E-state index contributed by atoms with van der Waals surface area (Å²) in [5.74, 6) is 0.646. The first-order valence-electron chi connectivity index (χ1n) is 11.4. The summed E-state index contributed by atoms with van der Waals surface area (Å²) >= 11 is 0. The standard InChI is InChI=1S/C24H38N4/c1-2-16-28(18-15-25-19-21-10-4-3-5-11-21)17-9-8-14-24-22-12-6-7-13-23(22)26-20-27-24/h3-5,10-11,20,22,24-25H,2,6-9,12-19H2,1H3. The van der Waals surface area contributed by atoms with Crippen molar-refractivity contribution >= 4 is 12.1 Å². The van der Waals surface area contributed by atoms with E-state index in [0.29, 0.717) is 12.0 Å². The average Bonchev–Trinajstić information content (AvgIpc) is 2.75. The summed E-state index contributed by atoms with van der Waals surface area (Å²) in [5.41, 5.74) is 2.80. The first-order valence-corrected chi connectivity index (χ1v) is 11.4. The summed E-state index contributed by atoms with van der Waals surface area (Å²) in [6.07, 6.45) is 12.0. The molecule has 154 valence electrons. The molecule has 0 radical (unpaired) electrons. The maximum Gasteiger partial charge on any atom is 0.110 e. The Kier molecular flexibility index (Phi) is 9.18. The molecule has 2 atom stereocenters.